The number of pyridine rings is 1. The summed E-state index contributed by atoms with van der Waals surface area (Å²) in [4.78, 5) is 22.9. The van der Waals surface area contributed by atoms with Gasteiger partial charge < -0.3 is 15.0 Å². The van der Waals surface area contributed by atoms with Crippen LogP contribution in [0.2, 0.25) is 0 Å². The van der Waals surface area contributed by atoms with Gasteiger partial charge in [0.1, 0.15) is 12.3 Å². The number of carbonyl (C=O) groups is 1. The van der Waals surface area contributed by atoms with E-state index in [2.05, 4.69) is 0 Å². The summed E-state index contributed by atoms with van der Waals surface area (Å²) >= 11 is 0. The van der Waals surface area contributed by atoms with Crippen LogP contribution in [-0.4, -0.2) is 10.5 Å². The minimum absolute atomic E-state index is 0.150. The second kappa shape index (κ2) is 5.39. The Morgan fingerprint density at radius 2 is 2.00 bits per heavy atom. The molecule has 5 heteroatoms. The van der Waals surface area contributed by atoms with Gasteiger partial charge in [-0.3, -0.25) is 9.59 Å². The van der Waals surface area contributed by atoms with E-state index >= 15 is 0 Å². The molecule has 0 aliphatic heterocycles. The summed E-state index contributed by atoms with van der Waals surface area (Å²) in [5.41, 5.74) is 5.91. The highest BCUT2D eigenvalue weighted by atomic mass is 16.5. The zero-order valence-corrected chi connectivity index (χ0v) is 10.5. The van der Waals surface area contributed by atoms with Crippen molar-refractivity contribution in [2.75, 3.05) is 0 Å². The molecule has 2 aromatic rings. The third-order valence-electron chi connectivity index (χ3n) is 2.69. The van der Waals surface area contributed by atoms with Crippen molar-refractivity contribution >= 4 is 5.91 Å². The topological polar surface area (TPSA) is 74.3 Å². The number of nitrogens with two attached hydrogens (primary N) is 1. The van der Waals surface area contributed by atoms with Crippen molar-refractivity contribution in [3.8, 4) is 5.75 Å². The predicted octanol–water partition coefficient (Wildman–Crippen LogP) is 1.06. The van der Waals surface area contributed by atoms with Gasteiger partial charge in [0.25, 0.3) is 5.91 Å². The molecule has 0 radical (unpaired) electrons. The molecule has 0 spiro atoms. The molecule has 2 rings (SSSR count). The van der Waals surface area contributed by atoms with Gasteiger partial charge in [-0.2, -0.15) is 0 Å². The third kappa shape index (κ3) is 3.01. The quantitative estimate of drug-likeness (QED) is 0.891. The van der Waals surface area contributed by atoms with Gasteiger partial charge in [0.05, 0.1) is 6.20 Å². The summed E-state index contributed by atoms with van der Waals surface area (Å²) < 4.78 is 6.93. The van der Waals surface area contributed by atoms with Crippen LogP contribution in [0.4, 0.5) is 0 Å². The minimum Gasteiger partial charge on any atom is -0.483 e. The van der Waals surface area contributed by atoms with Gasteiger partial charge in [-0.1, -0.05) is 30.3 Å². The standard InChI is InChI=1S/C14H14N2O3/c1-16-8-13(12(17)7-11(16)14(15)18)19-9-10-5-3-2-4-6-10/h2-8H,9H2,1H3,(H2,15,18). The Balaban J connectivity index is 2.20. The number of aryl methyl sites for hydroxylation is 1. The molecule has 0 atom stereocenters. The van der Waals surface area contributed by atoms with Crippen LogP contribution in [0.5, 0.6) is 5.75 Å². The molecule has 1 aromatic carbocycles. The number of amides is 1. The molecular formula is C14H14N2O3. The van der Waals surface area contributed by atoms with Crippen LogP contribution in [0.1, 0.15) is 16.1 Å². The summed E-state index contributed by atoms with van der Waals surface area (Å²) in [6.07, 6.45) is 1.46. The number of hydrogen-bond acceptors (Lipinski definition) is 3. The van der Waals surface area contributed by atoms with Crippen LogP contribution >= 0.6 is 0 Å². The van der Waals surface area contributed by atoms with Crippen LogP contribution in [0, 0.1) is 0 Å². The van der Waals surface area contributed by atoms with Gasteiger partial charge in [-0.05, 0) is 5.56 Å². The van der Waals surface area contributed by atoms with Crippen molar-refractivity contribution in [1.29, 1.82) is 0 Å². The highest BCUT2D eigenvalue weighted by molar-refractivity contribution is 5.91. The van der Waals surface area contributed by atoms with E-state index in [0.717, 1.165) is 5.56 Å². The largest absolute Gasteiger partial charge is 0.483 e. The first-order valence-electron chi connectivity index (χ1n) is 5.75. The van der Waals surface area contributed by atoms with Crippen molar-refractivity contribution in [3.63, 3.8) is 0 Å². The SMILES string of the molecule is Cn1cc(OCc2ccccc2)c(=O)cc1C(N)=O. The smallest absolute Gasteiger partial charge is 0.265 e. The lowest BCUT2D eigenvalue weighted by atomic mass is 10.2. The lowest BCUT2D eigenvalue weighted by molar-refractivity contribution is 0.0991. The first-order valence-corrected chi connectivity index (χ1v) is 5.75. The Morgan fingerprint density at radius 3 is 2.63 bits per heavy atom. The summed E-state index contributed by atoms with van der Waals surface area (Å²) in [6, 6.07) is 10.7. The van der Waals surface area contributed by atoms with Gasteiger partial charge in [0.2, 0.25) is 5.43 Å². The minimum atomic E-state index is -0.644. The monoisotopic (exact) mass is 258 g/mol. The Bertz CT molecular complexity index is 647. The Kier molecular flexibility index (Phi) is 3.66. The van der Waals surface area contributed by atoms with E-state index in [0.29, 0.717) is 6.61 Å². The van der Waals surface area contributed by atoms with E-state index < -0.39 is 5.91 Å². The molecule has 1 heterocycles. The molecule has 98 valence electrons. The normalized spacial score (nSPS) is 10.2. The molecule has 2 N–H and O–H groups in total. The molecule has 0 bridgehead atoms. The third-order valence-corrected chi connectivity index (χ3v) is 2.69. The maximum absolute atomic E-state index is 11.8. The number of nitrogens with zero attached hydrogens (tertiary/aromatic N) is 1. The Labute approximate surface area is 110 Å². The van der Waals surface area contributed by atoms with E-state index in [4.69, 9.17) is 10.5 Å². The number of ether oxygens (including phenoxy) is 1. The van der Waals surface area contributed by atoms with Gasteiger partial charge in [-0.25, -0.2) is 0 Å². The van der Waals surface area contributed by atoms with Gasteiger partial charge >= 0.3 is 0 Å². The highest BCUT2D eigenvalue weighted by Crippen LogP contribution is 2.08. The van der Waals surface area contributed by atoms with Gasteiger partial charge in [0, 0.05) is 13.1 Å². The number of carbonyl (C=O) groups excluding carboxylic acids is 1. The Hall–Kier alpha value is -2.56. The molecule has 0 saturated carbocycles. The van der Waals surface area contributed by atoms with E-state index in [1.807, 2.05) is 30.3 Å². The molecule has 0 aliphatic carbocycles. The van der Waals surface area contributed by atoms with Crippen LogP contribution in [-0.2, 0) is 13.7 Å². The summed E-state index contributed by atoms with van der Waals surface area (Å²) in [5.74, 6) is -0.453. The lowest BCUT2D eigenvalue weighted by Crippen LogP contribution is -2.21. The van der Waals surface area contributed by atoms with Crippen molar-refractivity contribution in [2.24, 2.45) is 12.8 Å². The average molecular weight is 258 g/mol. The molecule has 19 heavy (non-hydrogen) atoms. The van der Waals surface area contributed by atoms with E-state index in [1.165, 1.54) is 16.8 Å². The maximum atomic E-state index is 11.8. The van der Waals surface area contributed by atoms with Crippen LogP contribution < -0.4 is 15.9 Å². The molecule has 1 amide bonds. The highest BCUT2D eigenvalue weighted by Gasteiger charge is 2.09. The number of primary amides is 1. The van der Waals surface area contributed by atoms with E-state index in [-0.39, 0.29) is 16.9 Å². The van der Waals surface area contributed by atoms with Crippen LogP contribution in [0.3, 0.4) is 0 Å². The Morgan fingerprint density at radius 1 is 1.32 bits per heavy atom. The van der Waals surface area contributed by atoms with Crippen molar-refractivity contribution in [3.05, 3.63) is 64.1 Å². The van der Waals surface area contributed by atoms with Crippen LogP contribution in [0.25, 0.3) is 0 Å². The lowest BCUT2D eigenvalue weighted by Gasteiger charge is -2.09. The number of rotatable bonds is 4. The fourth-order valence-electron chi connectivity index (χ4n) is 1.69. The first-order chi connectivity index (χ1) is 9.08. The number of aromatic nitrogens is 1. The molecule has 0 unspecified atom stereocenters. The van der Waals surface area contributed by atoms with Gasteiger partial charge in [0.15, 0.2) is 5.75 Å². The summed E-state index contributed by atoms with van der Waals surface area (Å²) in [5, 5.41) is 0. The molecule has 1 aromatic heterocycles. The van der Waals surface area contributed by atoms with E-state index in [9.17, 15) is 9.59 Å². The average Bonchev–Trinajstić information content (AvgIpc) is 2.40. The number of hydrogen-bond donors (Lipinski definition) is 1. The number of benzene rings is 1. The first kappa shape index (κ1) is 12.9. The molecule has 0 aliphatic rings. The predicted molar refractivity (Wildman–Crippen MR) is 71.0 cm³/mol. The second-order valence-corrected chi connectivity index (χ2v) is 4.14. The summed E-state index contributed by atoms with van der Waals surface area (Å²) in [6.45, 7) is 0.298. The zero-order valence-electron chi connectivity index (χ0n) is 10.5. The van der Waals surface area contributed by atoms with Crippen LogP contribution in [0.15, 0.2) is 47.4 Å². The van der Waals surface area contributed by atoms with Crippen molar-refractivity contribution in [1.82, 2.24) is 4.57 Å². The summed E-state index contributed by atoms with van der Waals surface area (Å²) in [7, 11) is 1.63. The van der Waals surface area contributed by atoms with E-state index in [1.54, 1.807) is 7.05 Å². The van der Waals surface area contributed by atoms with Gasteiger partial charge in [-0.15, -0.1) is 0 Å². The molecular weight excluding hydrogens is 244 g/mol. The fourth-order valence-corrected chi connectivity index (χ4v) is 1.69. The molecule has 5 nitrogen and oxygen atoms in total. The fraction of sp³-hybridized carbons (Fsp3) is 0.143. The zero-order chi connectivity index (χ0) is 13.8. The molecule has 0 saturated heterocycles. The van der Waals surface area contributed by atoms with Crippen molar-refractivity contribution < 1.29 is 9.53 Å². The second-order valence-electron chi connectivity index (χ2n) is 4.14. The maximum Gasteiger partial charge on any atom is 0.265 e. The van der Waals surface area contributed by atoms with Crippen molar-refractivity contribution in [2.45, 2.75) is 6.61 Å². The molecule has 0 fully saturated rings.